The van der Waals surface area contributed by atoms with Crippen LogP contribution < -0.4 is 5.32 Å². The zero-order valence-corrected chi connectivity index (χ0v) is 21.8. The van der Waals surface area contributed by atoms with Gasteiger partial charge in [0.25, 0.3) is 0 Å². The molecule has 0 saturated carbocycles. The number of aromatic nitrogens is 4. The highest BCUT2D eigenvalue weighted by atomic mass is 35.5. The molecule has 0 unspecified atom stereocenters. The molecule has 0 aliphatic carbocycles. The Morgan fingerprint density at radius 1 is 1.03 bits per heavy atom. The van der Waals surface area contributed by atoms with Crippen molar-refractivity contribution in [2.45, 2.75) is 46.4 Å². The summed E-state index contributed by atoms with van der Waals surface area (Å²) in [5.74, 6) is -0.411. The van der Waals surface area contributed by atoms with Gasteiger partial charge in [-0.3, -0.25) is 14.6 Å². The second kappa shape index (κ2) is 12.4. The van der Waals surface area contributed by atoms with E-state index in [1.54, 1.807) is 16.8 Å². The molecule has 0 bridgehead atoms. The van der Waals surface area contributed by atoms with Crippen LogP contribution in [0.1, 0.15) is 35.3 Å². The molecule has 0 aliphatic rings. The molecule has 2 aromatic heterocycles. The molecule has 0 spiro atoms. The number of amides is 1. The van der Waals surface area contributed by atoms with Crippen molar-refractivity contribution >= 4 is 23.5 Å². The summed E-state index contributed by atoms with van der Waals surface area (Å²) in [7, 11) is 0. The number of hydrogen-bond acceptors (Lipinski definition) is 6. The molecule has 2 aromatic carbocycles. The topological polar surface area (TPSA) is 99.0 Å². The average molecular weight is 536 g/mol. The highest BCUT2D eigenvalue weighted by Crippen LogP contribution is 2.22. The first-order valence-electron chi connectivity index (χ1n) is 12.1. The summed E-state index contributed by atoms with van der Waals surface area (Å²) in [6.07, 6.45) is 0.0305. The van der Waals surface area contributed by atoms with Crippen LogP contribution in [0.15, 0.2) is 60.7 Å². The van der Waals surface area contributed by atoms with Gasteiger partial charge in [0.2, 0.25) is 5.91 Å². The molecule has 196 valence electrons. The Kier molecular flexibility index (Phi) is 8.81. The smallest absolute Gasteiger partial charge is 0.312 e. The molecule has 1 amide bonds. The molecule has 0 fully saturated rings. The Balaban J connectivity index is 1.35. The van der Waals surface area contributed by atoms with Gasteiger partial charge in [0.05, 0.1) is 23.6 Å². The number of carbonyl (C=O) groups excluding carboxylic acids is 2. The third-order valence-corrected chi connectivity index (χ3v) is 5.97. The monoisotopic (exact) mass is 535 g/mol. The van der Waals surface area contributed by atoms with Gasteiger partial charge < -0.3 is 10.1 Å². The van der Waals surface area contributed by atoms with E-state index in [-0.39, 0.29) is 42.9 Å². The highest BCUT2D eigenvalue weighted by Gasteiger charge is 2.16. The van der Waals surface area contributed by atoms with Crippen molar-refractivity contribution < 1.29 is 18.7 Å². The molecule has 10 heteroatoms. The number of ether oxygens (including phenoxy) is 1. The fourth-order valence-electron chi connectivity index (χ4n) is 3.87. The minimum absolute atomic E-state index is 0.000351. The van der Waals surface area contributed by atoms with Crippen LogP contribution in [0.3, 0.4) is 0 Å². The third-order valence-electron chi connectivity index (χ3n) is 5.67. The van der Waals surface area contributed by atoms with Gasteiger partial charge in [0.1, 0.15) is 18.2 Å². The predicted molar refractivity (Wildman–Crippen MR) is 141 cm³/mol. The van der Waals surface area contributed by atoms with Crippen LogP contribution >= 0.6 is 11.6 Å². The number of aryl methyl sites for hydroxylation is 2. The first kappa shape index (κ1) is 26.9. The number of rotatable bonds is 10. The Morgan fingerprint density at radius 3 is 2.55 bits per heavy atom. The number of nitrogens with zero attached hydrogens (tertiary/aromatic N) is 4. The SMILES string of the molecule is CCn1nc(-c2ccc(Cl)c(F)c2)nc1CC(=O)NCc1cc(C)nc(CC(=O)OCc2ccccc2)c1. The molecule has 4 aromatic rings. The van der Waals surface area contributed by atoms with E-state index in [0.29, 0.717) is 29.5 Å². The lowest BCUT2D eigenvalue weighted by Gasteiger charge is -2.09. The third kappa shape index (κ3) is 7.23. The van der Waals surface area contributed by atoms with Gasteiger partial charge in [0.15, 0.2) is 5.82 Å². The van der Waals surface area contributed by atoms with Gasteiger partial charge >= 0.3 is 5.97 Å². The number of halogens is 2. The van der Waals surface area contributed by atoms with Gasteiger partial charge in [0, 0.05) is 24.3 Å². The van der Waals surface area contributed by atoms with Crippen LogP contribution in [-0.4, -0.2) is 31.6 Å². The molecular formula is C28H27ClFN5O3. The summed E-state index contributed by atoms with van der Waals surface area (Å²) in [5.41, 5.74) is 3.49. The summed E-state index contributed by atoms with van der Waals surface area (Å²) in [5, 5.41) is 7.28. The van der Waals surface area contributed by atoms with E-state index >= 15 is 0 Å². The lowest BCUT2D eigenvalue weighted by Crippen LogP contribution is -2.26. The van der Waals surface area contributed by atoms with E-state index in [0.717, 1.165) is 16.8 Å². The Bertz CT molecular complexity index is 1440. The van der Waals surface area contributed by atoms with E-state index in [4.69, 9.17) is 16.3 Å². The Labute approximate surface area is 224 Å². The van der Waals surface area contributed by atoms with Crippen LogP contribution in [0.4, 0.5) is 4.39 Å². The van der Waals surface area contributed by atoms with Crippen molar-refractivity contribution in [1.29, 1.82) is 0 Å². The summed E-state index contributed by atoms with van der Waals surface area (Å²) in [6.45, 7) is 4.66. The quantitative estimate of drug-likeness (QED) is 0.298. The summed E-state index contributed by atoms with van der Waals surface area (Å²) >= 11 is 5.77. The van der Waals surface area contributed by atoms with Crippen LogP contribution in [0.25, 0.3) is 11.4 Å². The fraction of sp³-hybridized carbons (Fsp3) is 0.250. The van der Waals surface area contributed by atoms with Crippen molar-refractivity contribution in [1.82, 2.24) is 25.1 Å². The number of esters is 1. The van der Waals surface area contributed by atoms with Crippen LogP contribution in [0.2, 0.25) is 5.02 Å². The van der Waals surface area contributed by atoms with Gasteiger partial charge in [-0.1, -0.05) is 41.9 Å². The highest BCUT2D eigenvalue weighted by molar-refractivity contribution is 6.30. The zero-order valence-electron chi connectivity index (χ0n) is 21.1. The van der Waals surface area contributed by atoms with E-state index in [1.165, 1.54) is 12.1 Å². The van der Waals surface area contributed by atoms with Crippen molar-refractivity contribution in [2.24, 2.45) is 0 Å². The molecule has 38 heavy (non-hydrogen) atoms. The van der Waals surface area contributed by atoms with E-state index in [2.05, 4.69) is 20.4 Å². The van der Waals surface area contributed by atoms with E-state index in [9.17, 15) is 14.0 Å². The minimum Gasteiger partial charge on any atom is -0.461 e. The van der Waals surface area contributed by atoms with Gasteiger partial charge in [-0.2, -0.15) is 5.10 Å². The number of nitrogens with one attached hydrogen (secondary N) is 1. The lowest BCUT2D eigenvalue weighted by molar-refractivity contribution is -0.144. The molecular weight excluding hydrogens is 509 g/mol. The van der Waals surface area contributed by atoms with Crippen LogP contribution in [0.5, 0.6) is 0 Å². The number of carbonyl (C=O) groups is 2. The van der Waals surface area contributed by atoms with Gasteiger partial charge in [-0.15, -0.1) is 0 Å². The van der Waals surface area contributed by atoms with E-state index in [1.807, 2.05) is 50.2 Å². The second-order valence-corrected chi connectivity index (χ2v) is 9.09. The summed E-state index contributed by atoms with van der Waals surface area (Å²) in [6, 6.07) is 17.4. The molecule has 0 atom stereocenters. The largest absolute Gasteiger partial charge is 0.461 e. The Morgan fingerprint density at radius 2 is 1.82 bits per heavy atom. The van der Waals surface area contributed by atoms with Gasteiger partial charge in [-0.25, -0.2) is 14.1 Å². The molecule has 1 N–H and O–H groups in total. The first-order chi connectivity index (χ1) is 18.3. The summed E-state index contributed by atoms with van der Waals surface area (Å²) < 4.78 is 20.8. The van der Waals surface area contributed by atoms with Crippen molar-refractivity contribution in [2.75, 3.05) is 0 Å². The minimum atomic E-state index is -0.562. The number of benzene rings is 2. The maximum absolute atomic E-state index is 13.9. The number of pyridine rings is 1. The van der Waals surface area contributed by atoms with Crippen molar-refractivity contribution in [3.63, 3.8) is 0 Å². The maximum Gasteiger partial charge on any atom is 0.312 e. The Hall–Kier alpha value is -4.11. The molecule has 2 heterocycles. The maximum atomic E-state index is 13.9. The summed E-state index contributed by atoms with van der Waals surface area (Å²) in [4.78, 5) is 33.9. The van der Waals surface area contributed by atoms with Gasteiger partial charge in [-0.05, 0) is 55.3 Å². The second-order valence-electron chi connectivity index (χ2n) is 8.68. The zero-order chi connectivity index (χ0) is 27.1. The standard InChI is InChI=1S/C28H27ClFN5O3/c1-3-35-25(33-28(34-35)21-9-10-23(29)24(30)13-21)15-26(36)31-16-20-11-18(2)32-22(12-20)14-27(37)38-17-19-7-5-4-6-8-19/h4-13H,3,14-17H2,1-2H3,(H,31,36). The van der Waals surface area contributed by atoms with E-state index < -0.39 is 5.82 Å². The van der Waals surface area contributed by atoms with Crippen molar-refractivity contribution in [3.8, 4) is 11.4 Å². The molecule has 8 nitrogen and oxygen atoms in total. The van der Waals surface area contributed by atoms with Crippen LogP contribution in [-0.2, 0) is 46.9 Å². The number of hydrogen-bond donors (Lipinski definition) is 1. The molecule has 0 radical (unpaired) electrons. The van der Waals surface area contributed by atoms with Crippen LogP contribution in [0, 0.1) is 12.7 Å². The molecule has 0 saturated heterocycles. The first-order valence-corrected chi connectivity index (χ1v) is 12.5. The fourth-order valence-corrected chi connectivity index (χ4v) is 3.98. The average Bonchev–Trinajstić information content (AvgIpc) is 3.31. The predicted octanol–water partition coefficient (Wildman–Crippen LogP) is 4.61. The van der Waals surface area contributed by atoms with Crippen molar-refractivity contribution in [3.05, 3.63) is 99.8 Å². The lowest BCUT2D eigenvalue weighted by atomic mass is 10.1. The molecule has 0 aliphatic heterocycles. The molecule has 4 rings (SSSR count). The normalized spacial score (nSPS) is 10.8.